The van der Waals surface area contributed by atoms with Gasteiger partial charge in [-0.2, -0.15) is 0 Å². The minimum atomic E-state index is -1.67. The van der Waals surface area contributed by atoms with Crippen LogP contribution >= 0.6 is 0 Å². The van der Waals surface area contributed by atoms with Crippen LogP contribution in [-0.2, 0) is 9.16 Å². The third-order valence-electron chi connectivity index (χ3n) is 5.43. The molecule has 0 saturated carbocycles. The van der Waals surface area contributed by atoms with Gasteiger partial charge in [0.15, 0.2) is 8.32 Å². The number of aliphatic hydroxyl groups excluding tert-OH is 1. The Morgan fingerprint density at radius 3 is 1.86 bits per heavy atom. The molecule has 1 aliphatic rings. The van der Waals surface area contributed by atoms with Gasteiger partial charge in [0, 0.05) is 6.61 Å². The van der Waals surface area contributed by atoms with E-state index in [1.807, 2.05) is 0 Å². The van der Waals surface area contributed by atoms with E-state index in [1.54, 1.807) is 0 Å². The zero-order valence-electron chi connectivity index (χ0n) is 15.7. The average molecular weight is 331 g/mol. The molecule has 0 radical (unpaired) electrons. The van der Waals surface area contributed by atoms with Gasteiger partial charge in [-0.1, -0.05) is 60.8 Å². The zero-order chi connectivity index (χ0) is 16.8. The van der Waals surface area contributed by atoms with Crippen molar-refractivity contribution >= 4 is 8.32 Å². The van der Waals surface area contributed by atoms with Crippen LogP contribution in [0.2, 0.25) is 16.6 Å². The molecular formula is C18H38O3Si. The van der Waals surface area contributed by atoms with Crippen LogP contribution in [-0.4, -0.2) is 38.8 Å². The predicted molar refractivity (Wildman–Crippen MR) is 95.9 cm³/mol. The van der Waals surface area contributed by atoms with E-state index in [0.717, 1.165) is 32.5 Å². The summed E-state index contributed by atoms with van der Waals surface area (Å²) in [6.45, 7) is 15.9. The van der Waals surface area contributed by atoms with E-state index >= 15 is 0 Å². The van der Waals surface area contributed by atoms with Gasteiger partial charge in [0.2, 0.25) is 0 Å². The third-order valence-corrected chi connectivity index (χ3v) is 11.5. The predicted octanol–water partition coefficient (Wildman–Crippen LogP) is 4.89. The highest BCUT2D eigenvalue weighted by molar-refractivity contribution is 6.77. The summed E-state index contributed by atoms with van der Waals surface area (Å²) in [5.74, 6) is 0. The van der Waals surface area contributed by atoms with Crippen molar-refractivity contribution < 1.29 is 14.3 Å². The van der Waals surface area contributed by atoms with Crippen LogP contribution < -0.4 is 0 Å². The van der Waals surface area contributed by atoms with E-state index in [0.29, 0.717) is 16.6 Å². The van der Waals surface area contributed by atoms with Crippen LogP contribution in [0.25, 0.3) is 0 Å². The van der Waals surface area contributed by atoms with E-state index in [4.69, 9.17) is 9.16 Å². The maximum Gasteiger partial charge on any atom is 0.200 e. The Hall–Kier alpha value is 0.0969. The molecule has 1 fully saturated rings. The fraction of sp³-hybridized carbons (Fsp3) is 1.00. The molecule has 1 heterocycles. The molecule has 132 valence electrons. The molecule has 3 nitrogen and oxygen atoms in total. The summed E-state index contributed by atoms with van der Waals surface area (Å²) in [5, 5.41) is 9.20. The van der Waals surface area contributed by atoms with Gasteiger partial charge in [-0.3, -0.25) is 0 Å². The molecule has 4 heteroatoms. The molecule has 22 heavy (non-hydrogen) atoms. The van der Waals surface area contributed by atoms with E-state index in [-0.39, 0.29) is 12.2 Å². The molecular weight excluding hydrogens is 292 g/mol. The van der Waals surface area contributed by atoms with Crippen LogP contribution in [0.5, 0.6) is 0 Å². The Morgan fingerprint density at radius 2 is 1.45 bits per heavy atom. The van der Waals surface area contributed by atoms with Gasteiger partial charge < -0.3 is 14.3 Å². The second kappa shape index (κ2) is 8.81. The molecule has 0 aromatic heterocycles. The van der Waals surface area contributed by atoms with Crippen molar-refractivity contribution in [2.75, 3.05) is 19.8 Å². The molecule has 1 saturated heterocycles. The van der Waals surface area contributed by atoms with Crippen LogP contribution in [0.1, 0.15) is 73.6 Å². The molecule has 0 bridgehead atoms. The standard InChI is InChI=1S/C18H38O3Si/c1-15(2)22(16(3)4,17(5)6)21-12-10-8-7-9-11-18(13-19)14-20-18/h15-17,19H,7-14H2,1-6H3. The Labute approximate surface area is 138 Å². The maximum absolute atomic E-state index is 9.20. The van der Waals surface area contributed by atoms with Crippen molar-refractivity contribution in [3.63, 3.8) is 0 Å². The molecule has 1 aliphatic heterocycles. The highest BCUT2D eigenvalue weighted by atomic mass is 28.4. The molecule has 1 rings (SSSR count). The molecule has 0 aromatic carbocycles. The van der Waals surface area contributed by atoms with Gasteiger partial charge in [-0.05, 0) is 29.5 Å². The van der Waals surface area contributed by atoms with Gasteiger partial charge in [-0.15, -0.1) is 0 Å². The summed E-state index contributed by atoms with van der Waals surface area (Å²) in [7, 11) is -1.67. The van der Waals surface area contributed by atoms with Crippen LogP contribution in [0.3, 0.4) is 0 Å². The first-order valence-electron chi connectivity index (χ1n) is 9.19. The lowest BCUT2D eigenvalue weighted by Crippen LogP contribution is -2.47. The summed E-state index contributed by atoms with van der Waals surface area (Å²) >= 11 is 0. The van der Waals surface area contributed by atoms with Crippen LogP contribution in [0, 0.1) is 0 Å². The summed E-state index contributed by atoms with van der Waals surface area (Å²) in [4.78, 5) is 0. The van der Waals surface area contributed by atoms with Crippen molar-refractivity contribution in [1.29, 1.82) is 0 Å². The summed E-state index contributed by atoms with van der Waals surface area (Å²) in [6, 6.07) is 0. The Bertz CT molecular complexity index is 290. The minimum Gasteiger partial charge on any atom is -0.416 e. The first-order valence-corrected chi connectivity index (χ1v) is 11.3. The van der Waals surface area contributed by atoms with E-state index < -0.39 is 8.32 Å². The summed E-state index contributed by atoms with van der Waals surface area (Å²) in [5.41, 5.74) is 1.85. The summed E-state index contributed by atoms with van der Waals surface area (Å²) < 4.78 is 11.9. The Balaban J connectivity index is 2.23. The molecule has 0 amide bonds. The van der Waals surface area contributed by atoms with E-state index in [1.165, 1.54) is 12.8 Å². The molecule has 0 spiro atoms. The SMILES string of the molecule is CC(C)[Si](OCCCCCCC1(CO)CO1)(C(C)C)C(C)C. The zero-order valence-corrected chi connectivity index (χ0v) is 16.7. The number of ether oxygens (including phenoxy) is 1. The molecule has 0 aliphatic carbocycles. The first-order chi connectivity index (χ1) is 10.3. The number of unbranched alkanes of at least 4 members (excludes halogenated alkanes) is 3. The minimum absolute atomic E-state index is 0.161. The fourth-order valence-electron chi connectivity index (χ4n) is 4.07. The van der Waals surface area contributed by atoms with Crippen molar-refractivity contribution in [2.45, 2.75) is 95.9 Å². The lowest BCUT2D eigenvalue weighted by Gasteiger charge is -2.42. The van der Waals surface area contributed by atoms with Gasteiger partial charge >= 0.3 is 0 Å². The van der Waals surface area contributed by atoms with Crippen molar-refractivity contribution in [3.05, 3.63) is 0 Å². The van der Waals surface area contributed by atoms with Crippen molar-refractivity contribution in [3.8, 4) is 0 Å². The lowest BCUT2D eigenvalue weighted by molar-refractivity contribution is 0.161. The smallest absolute Gasteiger partial charge is 0.200 e. The second-order valence-corrected chi connectivity index (χ2v) is 13.4. The molecule has 1 atom stereocenters. The number of hydrogen-bond acceptors (Lipinski definition) is 3. The number of aliphatic hydroxyl groups is 1. The number of rotatable bonds is 12. The lowest BCUT2D eigenvalue weighted by atomic mass is 10.0. The average Bonchev–Trinajstić information content (AvgIpc) is 3.21. The summed E-state index contributed by atoms with van der Waals surface area (Å²) in [6.07, 6.45) is 5.76. The highest BCUT2D eigenvalue weighted by Crippen LogP contribution is 2.42. The first kappa shape index (κ1) is 20.1. The number of hydrogen-bond donors (Lipinski definition) is 1. The maximum atomic E-state index is 9.20. The molecule has 1 N–H and O–H groups in total. The van der Waals surface area contributed by atoms with E-state index in [2.05, 4.69) is 41.5 Å². The Morgan fingerprint density at radius 1 is 0.955 bits per heavy atom. The van der Waals surface area contributed by atoms with Crippen molar-refractivity contribution in [2.24, 2.45) is 0 Å². The quantitative estimate of drug-likeness (QED) is 0.315. The van der Waals surface area contributed by atoms with E-state index in [9.17, 15) is 5.11 Å². The normalized spacial score (nSPS) is 22.1. The topological polar surface area (TPSA) is 42.0 Å². The monoisotopic (exact) mass is 330 g/mol. The second-order valence-electron chi connectivity index (χ2n) is 7.96. The van der Waals surface area contributed by atoms with Crippen molar-refractivity contribution in [1.82, 2.24) is 0 Å². The highest BCUT2D eigenvalue weighted by Gasteiger charge is 2.45. The largest absolute Gasteiger partial charge is 0.416 e. The van der Waals surface area contributed by atoms with Gasteiger partial charge in [0.25, 0.3) is 0 Å². The Kier molecular flexibility index (Phi) is 8.07. The van der Waals surface area contributed by atoms with Gasteiger partial charge in [0.1, 0.15) is 5.60 Å². The third kappa shape index (κ3) is 5.05. The van der Waals surface area contributed by atoms with Gasteiger partial charge in [-0.25, -0.2) is 0 Å². The molecule has 1 unspecified atom stereocenters. The van der Waals surface area contributed by atoms with Crippen LogP contribution in [0.4, 0.5) is 0 Å². The molecule has 0 aromatic rings. The number of epoxide rings is 1. The van der Waals surface area contributed by atoms with Gasteiger partial charge in [0.05, 0.1) is 13.2 Å². The van der Waals surface area contributed by atoms with Crippen LogP contribution in [0.15, 0.2) is 0 Å². The fourth-order valence-corrected chi connectivity index (χ4v) is 9.57.